The van der Waals surface area contributed by atoms with E-state index in [4.69, 9.17) is 0 Å². The Kier molecular flexibility index (Phi) is 20.7. The number of unbranched alkanes of at least 4 members (excludes halogenated alkanes) is 8. The minimum absolute atomic E-state index is 0. The van der Waals surface area contributed by atoms with E-state index in [1.54, 1.807) is 0 Å². The van der Waals surface area contributed by atoms with Gasteiger partial charge in [-0.25, -0.2) is 8.42 Å². The fourth-order valence-electron chi connectivity index (χ4n) is 2.97. The van der Waals surface area contributed by atoms with E-state index in [2.05, 4.69) is 6.92 Å². The Morgan fingerprint density at radius 2 is 1.25 bits per heavy atom. The zero-order valence-corrected chi connectivity index (χ0v) is 20.1. The molecule has 0 saturated carbocycles. The monoisotopic (exact) mass is 388 g/mol. The summed E-state index contributed by atoms with van der Waals surface area (Å²) in [5.74, 6) is 0. The van der Waals surface area contributed by atoms with E-state index in [1.165, 1.54) is 38.5 Å². The van der Waals surface area contributed by atoms with Crippen LogP contribution in [0, 0.1) is 0 Å². The summed E-state index contributed by atoms with van der Waals surface area (Å²) in [7, 11) is -4.24. The van der Waals surface area contributed by atoms with Gasteiger partial charge in [0.2, 0.25) is 0 Å². The van der Waals surface area contributed by atoms with E-state index < -0.39 is 21.5 Å². The topological polar surface area (TPSA) is 77.4 Å². The fraction of sp³-hybridized carbons (Fsp3) is 1.00. The Morgan fingerprint density at radius 3 is 1.71 bits per heavy atom. The van der Waals surface area contributed by atoms with Gasteiger partial charge in [0, 0.05) is 5.25 Å². The zero-order valence-electron chi connectivity index (χ0n) is 16.1. The van der Waals surface area contributed by atoms with Crippen molar-refractivity contribution in [1.82, 2.24) is 0 Å². The molecule has 4 nitrogen and oxygen atoms in total. The molecular formula is C18H37KO4S. The summed E-state index contributed by atoms with van der Waals surface area (Å²) < 4.78 is 34.0. The molecular weight excluding hydrogens is 351 g/mol. The summed E-state index contributed by atoms with van der Waals surface area (Å²) in [5.41, 5.74) is 0. The fourth-order valence-corrected chi connectivity index (χ4v) is 3.85. The maximum atomic E-state index is 11.3. The third kappa shape index (κ3) is 16.9. The molecule has 0 aromatic rings. The molecule has 140 valence electrons. The van der Waals surface area contributed by atoms with Gasteiger partial charge >= 0.3 is 51.4 Å². The number of aliphatic hydroxyl groups is 1. The first-order valence-electron chi connectivity index (χ1n) is 9.54. The third-order valence-electron chi connectivity index (χ3n) is 4.48. The van der Waals surface area contributed by atoms with Gasteiger partial charge in [0.15, 0.2) is 0 Å². The first-order chi connectivity index (χ1) is 10.9. The van der Waals surface area contributed by atoms with Gasteiger partial charge in [0.1, 0.15) is 0 Å². The average molecular weight is 389 g/mol. The third-order valence-corrected chi connectivity index (χ3v) is 5.77. The van der Waals surface area contributed by atoms with Crippen LogP contribution in [0.5, 0.6) is 0 Å². The minimum Gasteiger partial charge on any atom is -0.748 e. The van der Waals surface area contributed by atoms with Crippen LogP contribution in [-0.4, -0.2) is 29.4 Å². The van der Waals surface area contributed by atoms with Crippen molar-refractivity contribution >= 4 is 10.1 Å². The van der Waals surface area contributed by atoms with Crippen LogP contribution in [0.3, 0.4) is 0 Å². The first kappa shape index (κ1) is 27.7. The molecule has 0 fully saturated rings. The van der Waals surface area contributed by atoms with Crippen LogP contribution in [0.4, 0.5) is 0 Å². The van der Waals surface area contributed by atoms with E-state index in [0.29, 0.717) is 25.7 Å². The second-order valence-corrected chi connectivity index (χ2v) is 8.40. The largest absolute Gasteiger partial charge is 1.00 e. The van der Waals surface area contributed by atoms with Crippen LogP contribution in [0.25, 0.3) is 0 Å². The Morgan fingerprint density at radius 1 is 0.750 bits per heavy atom. The van der Waals surface area contributed by atoms with Gasteiger partial charge in [-0.3, -0.25) is 0 Å². The Balaban J connectivity index is 0. The number of hydrogen-bond acceptors (Lipinski definition) is 4. The molecule has 0 amide bonds. The van der Waals surface area contributed by atoms with Crippen molar-refractivity contribution < 1.29 is 69.5 Å². The number of aliphatic hydroxyl groups excluding tert-OH is 1. The molecule has 0 saturated heterocycles. The zero-order chi connectivity index (χ0) is 17.6. The summed E-state index contributed by atoms with van der Waals surface area (Å²) in [5, 5.41) is 8.88. The maximum Gasteiger partial charge on any atom is 1.00 e. The van der Waals surface area contributed by atoms with Crippen LogP contribution in [0.15, 0.2) is 0 Å². The first-order valence-corrected chi connectivity index (χ1v) is 11.0. The summed E-state index contributed by atoms with van der Waals surface area (Å²) in [4.78, 5) is 0. The molecule has 2 atom stereocenters. The van der Waals surface area contributed by atoms with Crippen molar-refractivity contribution in [2.75, 3.05) is 0 Å². The van der Waals surface area contributed by atoms with Crippen molar-refractivity contribution in [2.24, 2.45) is 0 Å². The van der Waals surface area contributed by atoms with Gasteiger partial charge in [-0.05, 0) is 25.7 Å². The number of hydrogen-bond donors (Lipinski definition) is 1. The van der Waals surface area contributed by atoms with Crippen molar-refractivity contribution in [1.29, 1.82) is 0 Å². The summed E-state index contributed by atoms with van der Waals surface area (Å²) in [6.07, 6.45) is 12.8. The Hall–Kier alpha value is 1.51. The quantitative estimate of drug-likeness (QED) is 0.248. The summed E-state index contributed by atoms with van der Waals surface area (Å²) in [6, 6.07) is 0. The molecule has 0 heterocycles. The molecule has 0 aromatic heterocycles. The standard InChI is InChI=1S/C18H38O4S.K/c1-3-5-6-7-8-9-10-11-12-14-18(23(20,21)22)16-15-17(19)13-4-2;/h17-19H,3-16H2,1-2H3,(H,20,21,22);/q;+1/p-1. The normalized spacial score (nSPS) is 14.2. The van der Waals surface area contributed by atoms with Gasteiger partial charge < -0.3 is 9.66 Å². The second-order valence-electron chi connectivity index (χ2n) is 6.75. The molecule has 0 bridgehead atoms. The van der Waals surface area contributed by atoms with E-state index in [-0.39, 0.29) is 51.4 Å². The molecule has 0 aromatic carbocycles. The molecule has 0 spiro atoms. The molecule has 0 aliphatic rings. The van der Waals surface area contributed by atoms with Gasteiger partial charge in [0.05, 0.1) is 16.2 Å². The molecule has 0 rings (SSSR count). The van der Waals surface area contributed by atoms with Crippen molar-refractivity contribution in [3.05, 3.63) is 0 Å². The maximum absolute atomic E-state index is 11.3. The van der Waals surface area contributed by atoms with Crippen LogP contribution in [0.1, 0.15) is 104 Å². The van der Waals surface area contributed by atoms with Crippen LogP contribution in [0.2, 0.25) is 0 Å². The second kappa shape index (κ2) is 17.9. The van der Waals surface area contributed by atoms with Gasteiger partial charge in [-0.1, -0.05) is 78.1 Å². The van der Waals surface area contributed by atoms with Crippen LogP contribution < -0.4 is 51.4 Å². The molecule has 1 N–H and O–H groups in total. The van der Waals surface area contributed by atoms with E-state index in [1.807, 2.05) is 6.92 Å². The summed E-state index contributed by atoms with van der Waals surface area (Å²) in [6.45, 7) is 4.19. The predicted molar refractivity (Wildman–Crippen MR) is 95.5 cm³/mol. The van der Waals surface area contributed by atoms with Gasteiger partial charge in [0.25, 0.3) is 0 Å². The van der Waals surface area contributed by atoms with E-state index in [0.717, 1.165) is 25.7 Å². The minimum atomic E-state index is -4.24. The number of rotatable bonds is 16. The Labute approximate surface area is 192 Å². The Bertz CT molecular complexity index is 360. The smallest absolute Gasteiger partial charge is 0.748 e. The van der Waals surface area contributed by atoms with Crippen molar-refractivity contribution in [2.45, 2.75) is 115 Å². The average Bonchev–Trinajstić information content (AvgIpc) is 2.47. The van der Waals surface area contributed by atoms with Gasteiger partial charge in [-0.2, -0.15) is 0 Å². The SMILES string of the molecule is CCCCCCCCCCCC(CCC(O)CCC)S(=O)(=O)[O-].[K+]. The van der Waals surface area contributed by atoms with Crippen LogP contribution in [-0.2, 0) is 10.1 Å². The molecule has 0 aliphatic heterocycles. The van der Waals surface area contributed by atoms with Crippen molar-refractivity contribution in [3.8, 4) is 0 Å². The predicted octanol–water partition coefficient (Wildman–Crippen LogP) is 1.77. The summed E-state index contributed by atoms with van der Waals surface area (Å²) >= 11 is 0. The molecule has 6 heteroatoms. The van der Waals surface area contributed by atoms with E-state index in [9.17, 15) is 18.1 Å². The molecule has 2 unspecified atom stereocenters. The molecule has 0 radical (unpaired) electrons. The van der Waals surface area contributed by atoms with Crippen LogP contribution >= 0.6 is 0 Å². The van der Waals surface area contributed by atoms with E-state index >= 15 is 0 Å². The molecule has 24 heavy (non-hydrogen) atoms. The van der Waals surface area contributed by atoms with Gasteiger partial charge in [-0.15, -0.1) is 0 Å². The molecule has 0 aliphatic carbocycles. The van der Waals surface area contributed by atoms with Crippen molar-refractivity contribution in [3.63, 3.8) is 0 Å².